The lowest BCUT2D eigenvalue weighted by Crippen LogP contribution is -2.11. The fourth-order valence-corrected chi connectivity index (χ4v) is 1.64. The quantitative estimate of drug-likeness (QED) is 0.648. The summed E-state index contributed by atoms with van der Waals surface area (Å²) in [6, 6.07) is 6.33. The van der Waals surface area contributed by atoms with Crippen molar-refractivity contribution in [3.63, 3.8) is 0 Å². The van der Waals surface area contributed by atoms with Crippen molar-refractivity contribution in [3.05, 3.63) is 46.1 Å². The third-order valence-electron chi connectivity index (χ3n) is 2.53. The monoisotopic (exact) mass is 247 g/mol. The molecule has 6 heteroatoms. The number of aromatic nitrogens is 1. The summed E-state index contributed by atoms with van der Waals surface area (Å²) in [4.78, 5) is 10.3. The molecule has 1 aromatic carbocycles. The van der Waals surface area contributed by atoms with Gasteiger partial charge in [0.2, 0.25) is 0 Å². The Kier molecular flexibility index (Phi) is 3.69. The first-order valence-corrected chi connectivity index (χ1v) is 5.61. The summed E-state index contributed by atoms with van der Waals surface area (Å²) >= 11 is 0. The largest absolute Gasteiger partial charge is 0.356 e. The number of non-ortho nitro benzene ring substituents is 1. The van der Waals surface area contributed by atoms with Crippen LogP contribution >= 0.6 is 0 Å². The number of nitrogens with one attached hydrogen (secondary N) is 1. The Labute approximate surface area is 104 Å². The second-order valence-electron chi connectivity index (χ2n) is 3.77. The molecular weight excluding hydrogens is 234 g/mol. The fraction of sp³-hybridized carbons (Fsp3) is 0.250. The Hall–Kier alpha value is -2.21. The van der Waals surface area contributed by atoms with E-state index in [1.807, 2.05) is 6.92 Å². The molecule has 0 radical (unpaired) electrons. The zero-order chi connectivity index (χ0) is 13.0. The summed E-state index contributed by atoms with van der Waals surface area (Å²) in [6.07, 6.45) is 1.62. The Bertz CT molecular complexity index is 551. The van der Waals surface area contributed by atoms with Gasteiger partial charge >= 0.3 is 0 Å². The second kappa shape index (κ2) is 5.42. The van der Waals surface area contributed by atoms with E-state index in [9.17, 15) is 10.1 Å². The number of hydrogen-bond donors (Lipinski definition) is 1. The van der Waals surface area contributed by atoms with Gasteiger partial charge in [-0.25, -0.2) is 0 Å². The third-order valence-corrected chi connectivity index (χ3v) is 2.53. The normalized spacial score (nSPS) is 10.5. The number of benzene rings is 1. The van der Waals surface area contributed by atoms with Crippen molar-refractivity contribution in [1.29, 1.82) is 0 Å². The number of rotatable bonds is 5. The lowest BCUT2D eigenvalue weighted by Gasteiger charge is -2.01. The molecule has 1 N–H and O–H groups in total. The van der Waals surface area contributed by atoms with Crippen LogP contribution in [0.25, 0.3) is 11.3 Å². The number of nitro groups is 1. The molecule has 1 aromatic heterocycles. The maximum atomic E-state index is 10.7. The number of hydrogen-bond acceptors (Lipinski definition) is 5. The van der Waals surface area contributed by atoms with Crippen molar-refractivity contribution in [3.8, 4) is 11.3 Å². The first-order valence-electron chi connectivity index (χ1n) is 5.61. The fourth-order valence-electron chi connectivity index (χ4n) is 1.64. The molecular formula is C12H13N3O3. The molecule has 0 atom stereocenters. The minimum absolute atomic E-state index is 0.0401. The molecule has 0 aliphatic heterocycles. The van der Waals surface area contributed by atoms with E-state index in [4.69, 9.17) is 4.52 Å². The van der Waals surface area contributed by atoms with Gasteiger partial charge in [0.05, 0.1) is 11.1 Å². The zero-order valence-electron chi connectivity index (χ0n) is 9.92. The summed E-state index contributed by atoms with van der Waals surface area (Å²) in [6.45, 7) is 3.46. The molecule has 2 aromatic rings. The zero-order valence-corrected chi connectivity index (χ0v) is 9.92. The molecule has 1 heterocycles. The highest BCUT2D eigenvalue weighted by molar-refractivity contribution is 5.63. The van der Waals surface area contributed by atoms with E-state index in [0.29, 0.717) is 17.9 Å². The average molecular weight is 247 g/mol. The highest BCUT2D eigenvalue weighted by Gasteiger charge is 2.13. The maximum absolute atomic E-state index is 10.7. The van der Waals surface area contributed by atoms with E-state index < -0.39 is 4.92 Å². The van der Waals surface area contributed by atoms with Gasteiger partial charge in [-0.05, 0) is 6.54 Å². The molecule has 0 saturated heterocycles. The molecule has 0 bridgehead atoms. The van der Waals surface area contributed by atoms with Crippen molar-refractivity contribution >= 4 is 5.69 Å². The summed E-state index contributed by atoms with van der Waals surface area (Å²) < 4.78 is 5.17. The lowest BCUT2D eigenvalue weighted by molar-refractivity contribution is -0.384. The van der Waals surface area contributed by atoms with E-state index >= 15 is 0 Å². The SMILES string of the molecule is CCNCc1cnoc1-c1cccc([N+](=O)[O-])c1. The van der Waals surface area contributed by atoms with Gasteiger partial charge in [-0.1, -0.05) is 24.2 Å². The van der Waals surface area contributed by atoms with E-state index in [1.54, 1.807) is 18.3 Å². The number of nitrogens with zero attached hydrogens (tertiary/aromatic N) is 2. The Balaban J connectivity index is 2.33. The summed E-state index contributed by atoms with van der Waals surface area (Å²) in [5, 5.41) is 17.6. The van der Waals surface area contributed by atoms with Gasteiger partial charge in [0.15, 0.2) is 5.76 Å². The lowest BCUT2D eigenvalue weighted by atomic mass is 10.1. The summed E-state index contributed by atoms with van der Waals surface area (Å²) in [7, 11) is 0. The Morgan fingerprint density at radius 3 is 3.06 bits per heavy atom. The van der Waals surface area contributed by atoms with Crippen LogP contribution in [0.3, 0.4) is 0 Å². The van der Waals surface area contributed by atoms with Crippen LogP contribution in [0, 0.1) is 10.1 Å². The minimum Gasteiger partial charge on any atom is -0.356 e. The molecule has 0 fully saturated rings. The molecule has 0 spiro atoms. The van der Waals surface area contributed by atoms with E-state index in [1.165, 1.54) is 12.1 Å². The van der Waals surface area contributed by atoms with Gasteiger partial charge in [0.1, 0.15) is 0 Å². The van der Waals surface area contributed by atoms with Crippen LogP contribution in [-0.2, 0) is 6.54 Å². The van der Waals surface area contributed by atoms with Gasteiger partial charge in [-0.3, -0.25) is 10.1 Å². The van der Waals surface area contributed by atoms with Crippen LogP contribution < -0.4 is 5.32 Å². The van der Waals surface area contributed by atoms with Gasteiger partial charge in [0, 0.05) is 29.8 Å². The van der Waals surface area contributed by atoms with Gasteiger partial charge < -0.3 is 9.84 Å². The molecule has 0 aliphatic rings. The molecule has 6 nitrogen and oxygen atoms in total. The number of nitro benzene ring substituents is 1. The van der Waals surface area contributed by atoms with E-state index in [0.717, 1.165) is 12.1 Å². The van der Waals surface area contributed by atoms with Crippen LogP contribution in [0.5, 0.6) is 0 Å². The van der Waals surface area contributed by atoms with E-state index in [-0.39, 0.29) is 5.69 Å². The molecule has 0 saturated carbocycles. The molecule has 0 amide bonds. The van der Waals surface area contributed by atoms with Gasteiger partial charge in [-0.2, -0.15) is 0 Å². The molecule has 0 aliphatic carbocycles. The van der Waals surface area contributed by atoms with Crippen LogP contribution in [0.2, 0.25) is 0 Å². The van der Waals surface area contributed by atoms with Crippen LogP contribution in [-0.4, -0.2) is 16.6 Å². The highest BCUT2D eigenvalue weighted by atomic mass is 16.6. The second-order valence-corrected chi connectivity index (χ2v) is 3.77. The average Bonchev–Trinajstić information content (AvgIpc) is 2.84. The van der Waals surface area contributed by atoms with Crippen LogP contribution in [0.15, 0.2) is 35.0 Å². The smallest absolute Gasteiger partial charge is 0.270 e. The van der Waals surface area contributed by atoms with Crippen molar-refractivity contribution < 1.29 is 9.45 Å². The predicted molar refractivity (Wildman–Crippen MR) is 66.0 cm³/mol. The molecule has 2 rings (SSSR count). The predicted octanol–water partition coefficient (Wildman–Crippen LogP) is 2.36. The van der Waals surface area contributed by atoms with Gasteiger partial charge in [0.25, 0.3) is 5.69 Å². The van der Waals surface area contributed by atoms with Crippen LogP contribution in [0.1, 0.15) is 12.5 Å². The Morgan fingerprint density at radius 2 is 2.33 bits per heavy atom. The molecule has 94 valence electrons. The minimum atomic E-state index is -0.427. The van der Waals surface area contributed by atoms with Gasteiger partial charge in [-0.15, -0.1) is 0 Å². The van der Waals surface area contributed by atoms with Crippen molar-refractivity contribution in [2.24, 2.45) is 0 Å². The van der Waals surface area contributed by atoms with Crippen molar-refractivity contribution in [2.75, 3.05) is 6.54 Å². The first kappa shape index (κ1) is 12.3. The van der Waals surface area contributed by atoms with Crippen LogP contribution in [0.4, 0.5) is 5.69 Å². The first-order chi connectivity index (χ1) is 8.72. The Morgan fingerprint density at radius 1 is 1.50 bits per heavy atom. The topological polar surface area (TPSA) is 81.2 Å². The van der Waals surface area contributed by atoms with E-state index in [2.05, 4.69) is 10.5 Å². The molecule has 18 heavy (non-hydrogen) atoms. The summed E-state index contributed by atoms with van der Waals surface area (Å²) in [5.41, 5.74) is 1.59. The van der Waals surface area contributed by atoms with Crippen molar-refractivity contribution in [2.45, 2.75) is 13.5 Å². The maximum Gasteiger partial charge on any atom is 0.270 e. The summed E-state index contributed by atoms with van der Waals surface area (Å²) in [5.74, 6) is 0.569. The standard InChI is InChI=1S/C12H13N3O3/c1-2-13-7-10-8-14-18-12(10)9-4-3-5-11(6-9)15(16)17/h3-6,8,13H,2,7H2,1H3. The van der Waals surface area contributed by atoms with Crippen molar-refractivity contribution in [1.82, 2.24) is 10.5 Å². The molecule has 0 unspecified atom stereocenters. The third kappa shape index (κ3) is 2.54. The highest BCUT2D eigenvalue weighted by Crippen LogP contribution is 2.26.